The molecule has 1 aliphatic carbocycles. The Labute approximate surface area is 253 Å². The smallest absolute Gasteiger partial charge is 0.251 e. The lowest BCUT2D eigenvalue weighted by atomic mass is 9.33. The van der Waals surface area contributed by atoms with Crippen molar-refractivity contribution < 1.29 is 0 Å². The average molecular weight is 552 g/mol. The Morgan fingerprint density at radius 2 is 1.21 bits per heavy atom. The van der Waals surface area contributed by atoms with Crippen molar-refractivity contribution in [1.29, 1.82) is 0 Å². The van der Waals surface area contributed by atoms with Crippen LogP contribution in [0.3, 0.4) is 0 Å². The topological polar surface area (TPSA) is 15.2 Å². The highest BCUT2D eigenvalue weighted by Crippen LogP contribution is 2.47. The van der Waals surface area contributed by atoms with E-state index in [2.05, 4.69) is 98.4 Å². The largest absolute Gasteiger partial charge is 0.314 e. The number of fused-ring (bicyclic) bond motifs is 4. The van der Waals surface area contributed by atoms with Crippen molar-refractivity contribution in [2.24, 2.45) is 0 Å². The first-order valence-electron chi connectivity index (χ1n) is 15.2. The number of rotatable bonds is 3. The lowest BCUT2D eigenvalue weighted by molar-refractivity contribution is 0.444. The maximum Gasteiger partial charge on any atom is 0.251 e. The SMILES string of the molecule is [C-]#[N+]c1cccc(N2c3cc([N+]#[C-])ccc3B3c4ccccc4N(c4ccccc4)c4cc(C5CCCCC5)cc2c43)c1. The second-order valence-corrected chi connectivity index (χ2v) is 11.8. The van der Waals surface area contributed by atoms with Crippen molar-refractivity contribution in [3.8, 4) is 0 Å². The quantitative estimate of drug-likeness (QED) is 0.161. The molecule has 0 N–H and O–H groups in total. The van der Waals surface area contributed by atoms with Crippen molar-refractivity contribution in [3.05, 3.63) is 138 Å². The minimum Gasteiger partial charge on any atom is -0.314 e. The Balaban J connectivity index is 1.49. The van der Waals surface area contributed by atoms with Crippen LogP contribution in [0.1, 0.15) is 43.6 Å². The standard InChI is InChI=1S/C38H29BN4/c1-40-28-14-11-17-31(24-28)43-35-25-29(41-2)20-21-33(35)39-32-18-9-10-19-34(32)42(30-15-7-4-8-16-30)36-22-27(23-37(43)38(36)39)26-12-5-3-6-13-26/h4,7-11,14-26H,3,5-6,12-13H2. The second kappa shape index (κ2) is 10.2. The van der Waals surface area contributed by atoms with Crippen molar-refractivity contribution in [1.82, 2.24) is 0 Å². The Morgan fingerprint density at radius 1 is 0.558 bits per heavy atom. The third kappa shape index (κ3) is 4.04. The van der Waals surface area contributed by atoms with Crippen molar-refractivity contribution in [2.75, 3.05) is 9.80 Å². The molecule has 0 bridgehead atoms. The second-order valence-electron chi connectivity index (χ2n) is 11.8. The van der Waals surface area contributed by atoms with E-state index in [1.807, 2.05) is 30.3 Å². The van der Waals surface area contributed by atoms with Gasteiger partial charge >= 0.3 is 0 Å². The zero-order valence-electron chi connectivity index (χ0n) is 23.9. The molecule has 5 aromatic rings. The normalized spacial score (nSPS) is 15.2. The van der Waals surface area contributed by atoms with E-state index in [0.717, 1.165) is 22.7 Å². The molecule has 2 heterocycles. The maximum absolute atomic E-state index is 7.85. The number of hydrogen-bond acceptors (Lipinski definition) is 2. The van der Waals surface area contributed by atoms with Crippen LogP contribution in [-0.2, 0) is 0 Å². The summed E-state index contributed by atoms with van der Waals surface area (Å²) in [5.74, 6) is 0.510. The molecule has 5 aromatic carbocycles. The van der Waals surface area contributed by atoms with Gasteiger partial charge < -0.3 is 9.80 Å². The Kier molecular flexibility index (Phi) is 6.06. The molecule has 204 valence electrons. The number of nitrogens with zero attached hydrogens (tertiary/aromatic N) is 4. The fraction of sp³-hybridized carbons (Fsp3) is 0.158. The molecule has 0 spiro atoms. The van der Waals surface area contributed by atoms with Crippen LogP contribution in [-0.4, -0.2) is 6.71 Å². The van der Waals surface area contributed by atoms with Crippen LogP contribution < -0.4 is 26.2 Å². The summed E-state index contributed by atoms with van der Waals surface area (Å²) in [5, 5.41) is 0. The summed E-state index contributed by atoms with van der Waals surface area (Å²) in [5.41, 5.74) is 13.0. The zero-order chi connectivity index (χ0) is 28.9. The lowest BCUT2D eigenvalue weighted by Gasteiger charge is -2.45. The fourth-order valence-electron chi connectivity index (χ4n) is 7.53. The summed E-state index contributed by atoms with van der Waals surface area (Å²) in [6, 6.07) is 38.4. The molecule has 0 saturated heterocycles. The Hall–Kier alpha value is -5.26. The van der Waals surface area contributed by atoms with Gasteiger partial charge in [-0.15, -0.1) is 0 Å². The molecular formula is C38H29BN4. The molecule has 0 aromatic heterocycles. The summed E-state index contributed by atoms with van der Waals surface area (Å²) in [6.45, 7) is 15.6. The highest BCUT2D eigenvalue weighted by atomic mass is 15.2. The van der Waals surface area contributed by atoms with Gasteiger partial charge in [0.1, 0.15) is 0 Å². The molecule has 4 nitrogen and oxygen atoms in total. The average Bonchev–Trinajstić information content (AvgIpc) is 3.08. The van der Waals surface area contributed by atoms with Crippen molar-refractivity contribution in [2.45, 2.75) is 38.0 Å². The zero-order valence-corrected chi connectivity index (χ0v) is 23.9. The van der Waals surface area contributed by atoms with Gasteiger partial charge in [-0.05, 0) is 89.2 Å². The van der Waals surface area contributed by atoms with E-state index in [1.165, 1.54) is 65.4 Å². The van der Waals surface area contributed by atoms with E-state index in [9.17, 15) is 0 Å². The molecule has 0 unspecified atom stereocenters. The first-order valence-corrected chi connectivity index (χ1v) is 15.2. The van der Waals surface area contributed by atoms with Gasteiger partial charge in [0.15, 0.2) is 11.4 Å². The summed E-state index contributed by atoms with van der Waals surface area (Å²) in [6.07, 6.45) is 6.24. The molecule has 5 heteroatoms. The minimum absolute atomic E-state index is 0.0247. The van der Waals surface area contributed by atoms with Crippen molar-refractivity contribution >= 4 is 68.6 Å². The summed E-state index contributed by atoms with van der Waals surface area (Å²) in [7, 11) is 0. The van der Waals surface area contributed by atoms with Gasteiger partial charge in [0.2, 0.25) is 0 Å². The van der Waals surface area contributed by atoms with E-state index in [-0.39, 0.29) is 6.71 Å². The summed E-state index contributed by atoms with van der Waals surface area (Å²) >= 11 is 0. The molecule has 0 atom stereocenters. The molecule has 1 fully saturated rings. The predicted molar refractivity (Wildman–Crippen MR) is 179 cm³/mol. The van der Waals surface area contributed by atoms with Gasteiger partial charge in [0.05, 0.1) is 13.1 Å². The number of benzene rings is 5. The first kappa shape index (κ1) is 25.5. The van der Waals surface area contributed by atoms with Crippen LogP contribution in [0, 0.1) is 13.1 Å². The number of anilines is 6. The lowest BCUT2D eigenvalue weighted by Crippen LogP contribution is -2.61. The highest BCUT2D eigenvalue weighted by molar-refractivity contribution is 7.00. The summed E-state index contributed by atoms with van der Waals surface area (Å²) < 4.78 is 0. The molecule has 1 saturated carbocycles. The Morgan fingerprint density at radius 3 is 1.98 bits per heavy atom. The number of para-hydroxylation sites is 2. The highest BCUT2D eigenvalue weighted by Gasteiger charge is 2.43. The first-order chi connectivity index (χ1) is 21.2. The van der Waals surface area contributed by atoms with Crippen LogP contribution in [0.5, 0.6) is 0 Å². The molecule has 43 heavy (non-hydrogen) atoms. The van der Waals surface area contributed by atoms with Gasteiger partial charge in [-0.1, -0.05) is 79.9 Å². The van der Waals surface area contributed by atoms with Crippen LogP contribution in [0.15, 0.2) is 109 Å². The fourth-order valence-corrected chi connectivity index (χ4v) is 7.53. The van der Waals surface area contributed by atoms with Crippen LogP contribution >= 0.6 is 0 Å². The molecular weight excluding hydrogens is 523 g/mol. The van der Waals surface area contributed by atoms with Crippen LogP contribution in [0.4, 0.5) is 45.5 Å². The van der Waals surface area contributed by atoms with E-state index >= 15 is 0 Å². The Bertz CT molecular complexity index is 1960. The van der Waals surface area contributed by atoms with Crippen molar-refractivity contribution in [3.63, 3.8) is 0 Å². The van der Waals surface area contributed by atoms with Gasteiger partial charge in [0, 0.05) is 34.1 Å². The third-order valence-corrected chi connectivity index (χ3v) is 9.42. The monoisotopic (exact) mass is 552 g/mol. The van der Waals surface area contributed by atoms with E-state index in [4.69, 9.17) is 13.1 Å². The molecule has 0 amide bonds. The molecule has 2 aliphatic heterocycles. The van der Waals surface area contributed by atoms with Crippen LogP contribution in [0.2, 0.25) is 0 Å². The molecule has 3 aliphatic rings. The van der Waals surface area contributed by atoms with Gasteiger partial charge in [-0.3, -0.25) is 0 Å². The summed E-state index contributed by atoms with van der Waals surface area (Å²) in [4.78, 5) is 12.4. The third-order valence-electron chi connectivity index (χ3n) is 9.42. The van der Waals surface area contributed by atoms with E-state index in [1.54, 1.807) is 0 Å². The van der Waals surface area contributed by atoms with Gasteiger partial charge in [-0.2, -0.15) is 0 Å². The van der Waals surface area contributed by atoms with Crippen LogP contribution in [0.25, 0.3) is 9.69 Å². The van der Waals surface area contributed by atoms with E-state index < -0.39 is 0 Å². The molecule has 0 radical (unpaired) electrons. The van der Waals surface area contributed by atoms with Gasteiger partial charge in [0.25, 0.3) is 6.71 Å². The molecule has 8 rings (SSSR count). The predicted octanol–water partition coefficient (Wildman–Crippen LogP) is 8.92. The number of hydrogen-bond donors (Lipinski definition) is 0. The van der Waals surface area contributed by atoms with E-state index in [0.29, 0.717) is 17.3 Å². The minimum atomic E-state index is 0.0247. The van der Waals surface area contributed by atoms with Gasteiger partial charge in [-0.25, -0.2) is 9.69 Å². The maximum atomic E-state index is 7.85.